The van der Waals surface area contributed by atoms with Crippen molar-refractivity contribution in [2.24, 2.45) is 0 Å². The molecule has 0 bridgehead atoms. The SMILES string of the molecule is Cc1cc(C(c2cc(C)c(O[Si](Cc3ccccc3)(Cc3ccccc3)Cc3ccccc3)c(C)c2)C(c2cc(C)c(O[Si](Cc3ccccc3)(Cc3ccccc3)Cc3ccccc3)c(C)c2)c2cc(C)c(O[Si](Cc3ccccc3)(Cc3ccccc3)Cc3ccccc3)c(C)c2)cc(C)c1O[Si](Cc1ccccc1)(Cc1ccccc1)Cc1ccccc1. The quantitative estimate of drug-likeness (QED) is 0.0364. The van der Waals surface area contributed by atoms with Crippen LogP contribution in [-0.2, 0) is 72.5 Å². The summed E-state index contributed by atoms with van der Waals surface area (Å²) in [6.07, 6.45) is 0. The van der Waals surface area contributed by atoms with Gasteiger partial charge in [-0.3, -0.25) is 0 Å². The average Bonchev–Trinajstić information content (AvgIpc) is 0.726. The van der Waals surface area contributed by atoms with Crippen LogP contribution in [0.1, 0.15) is 145 Å². The topological polar surface area (TPSA) is 36.9 Å². The molecule has 0 saturated carbocycles. The third-order valence-corrected chi connectivity index (χ3v) is 40.6. The molecular weight excluding hydrogens is 1590 g/mol. The van der Waals surface area contributed by atoms with Gasteiger partial charge in [0, 0.05) is 84.4 Å². The molecule has 630 valence electrons. The van der Waals surface area contributed by atoms with E-state index < -0.39 is 33.3 Å². The molecule has 16 aromatic rings. The zero-order chi connectivity index (χ0) is 86.7. The number of aryl methyl sites for hydroxylation is 8. The summed E-state index contributed by atoms with van der Waals surface area (Å²) in [6.45, 7) is 18.6. The smallest absolute Gasteiger partial charge is 0.264 e. The lowest BCUT2D eigenvalue weighted by molar-refractivity contribution is 0.512. The van der Waals surface area contributed by atoms with Crippen molar-refractivity contribution in [3.8, 4) is 23.0 Å². The van der Waals surface area contributed by atoms with E-state index in [1.165, 1.54) is 89.0 Å². The molecule has 0 aromatic heterocycles. The van der Waals surface area contributed by atoms with Crippen LogP contribution in [0.3, 0.4) is 0 Å². The maximum Gasteiger partial charge on any atom is 0.264 e. The van der Waals surface area contributed by atoms with Crippen LogP contribution >= 0.6 is 0 Å². The number of rotatable bonds is 37. The van der Waals surface area contributed by atoms with Crippen molar-refractivity contribution in [2.45, 2.75) is 140 Å². The summed E-state index contributed by atoms with van der Waals surface area (Å²) in [7, 11) is -11.6. The summed E-state index contributed by atoms with van der Waals surface area (Å²) in [5.41, 5.74) is 29.3. The predicted octanol–water partition coefficient (Wildman–Crippen LogP) is 27.8. The van der Waals surface area contributed by atoms with Crippen molar-refractivity contribution in [3.05, 3.63) is 546 Å². The Balaban J connectivity index is 0.924. The Hall–Kier alpha value is -12.4. The molecule has 0 unspecified atom stereocenters. The minimum atomic E-state index is -2.91. The van der Waals surface area contributed by atoms with E-state index in [1.807, 2.05) is 0 Å². The standard InChI is InChI=1S/C118H118O4Si4/c1-89-69-109(70-90(2)115(89)119-123(77-97-45-21-9-22-46-97,78-98-47-23-10-24-48-98)79-99-49-25-11-26-50-99)113(110-71-91(3)116(92(4)72-110)120-124(80-100-51-27-12-28-52-100,81-101-53-29-13-30-54-101)82-102-55-31-14-32-56-102)114(111-73-93(5)117(94(6)74-111)121-125(83-103-57-33-15-34-58-103,84-104-59-35-16-36-60-104)85-105-61-37-17-38-62-105)112-75-95(7)118(96(8)76-112)122-126(86-106-63-39-18-40-64-106,87-107-65-41-19-42-66-107)88-108-67-43-20-44-68-108/h9-76,113-114H,77-88H2,1-8H3. The monoisotopic (exact) mass is 1710 g/mol. The number of hydrogen-bond acceptors (Lipinski definition) is 4. The van der Waals surface area contributed by atoms with Gasteiger partial charge in [-0.25, -0.2) is 0 Å². The average molecular weight is 1710 g/mol. The first-order chi connectivity index (χ1) is 61.5. The van der Waals surface area contributed by atoms with Crippen LogP contribution in [0.5, 0.6) is 23.0 Å². The van der Waals surface area contributed by atoms with E-state index in [9.17, 15) is 0 Å². The van der Waals surface area contributed by atoms with Crippen molar-refractivity contribution < 1.29 is 17.7 Å². The van der Waals surface area contributed by atoms with Crippen molar-refractivity contribution in [3.63, 3.8) is 0 Å². The van der Waals surface area contributed by atoms with Gasteiger partial charge in [-0.2, -0.15) is 0 Å². The van der Waals surface area contributed by atoms with Gasteiger partial charge in [-0.1, -0.05) is 413 Å². The van der Waals surface area contributed by atoms with E-state index in [0.717, 1.165) is 140 Å². The molecule has 0 amide bonds. The summed E-state index contributed by atoms with van der Waals surface area (Å²) in [6, 6.07) is 163. The second-order valence-electron chi connectivity index (χ2n) is 36.0. The fourth-order valence-electron chi connectivity index (χ4n) is 20.1. The first-order valence-electron chi connectivity index (χ1n) is 45.2. The van der Waals surface area contributed by atoms with Crippen LogP contribution in [0.2, 0.25) is 0 Å². The molecule has 0 saturated heterocycles. The fourth-order valence-corrected chi connectivity index (χ4v) is 37.3. The molecule has 8 heteroatoms. The van der Waals surface area contributed by atoms with Gasteiger partial charge in [0.15, 0.2) is 0 Å². The third kappa shape index (κ3) is 22.3. The lowest BCUT2D eigenvalue weighted by atomic mass is 9.71. The molecule has 0 fully saturated rings. The van der Waals surface area contributed by atoms with E-state index in [-0.39, 0.29) is 11.8 Å². The molecule has 16 rings (SSSR count). The highest BCUT2D eigenvalue weighted by atomic mass is 28.4. The zero-order valence-electron chi connectivity index (χ0n) is 74.5. The molecule has 0 N–H and O–H groups in total. The van der Waals surface area contributed by atoms with E-state index in [0.29, 0.717) is 0 Å². The van der Waals surface area contributed by atoms with Gasteiger partial charge in [-0.05, 0) is 189 Å². The van der Waals surface area contributed by atoms with Crippen LogP contribution in [0, 0.1) is 55.4 Å². The predicted molar refractivity (Wildman–Crippen MR) is 535 cm³/mol. The van der Waals surface area contributed by atoms with Crippen LogP contribution < -0.4 is 17.7 Å². The Morgan fingerprint density at radius 2 is 0.246 bits per heavy atom. The van der Waals surface area contributed by atoms with Crippen LogP contribution in [0.15, 0.2) is 413 Å². The lowest BCUT2D eigenvalue weighted by Gasteiger charge is -2.37. The Kier molecular flexibility index (Phi) is 28.1. The maximum atomic E-state index is 8.27. The molecule has 126 heavy (non-hydrogen) atoms. The Bertz CT molecular complexity index is 4910. The summed E-state index contributed by atoms with van der Waals surface area (Å²) in [5.74, 6) is 3.32. The summed E-state index contributed by atoms with van der Waals surface area (Å²) in [4.78, 5) is 0. The van der Waals surface area contributed by atoms with E-state index in [2.05, 4.69) is 468 Å². The van der Waals surface area contributed by atoms with Gasteiger partial charge >= 0.3 is 0 Å². The van der Waals surface area contributed by atoms with Gasteiger partial charge in [0.2, 0.25) is 0 Å². The first-order valence-corrected chi connectivity index (χ1v) is 55.3. The second-order valence-corrected chi connectivity index (χ2v) is 50.5. The molecule has 0 spiro atoms. The summed E-state index contributed by atoms with van der Waals surface area (Å²) in [5, 5.41) is 0. The normalized spacial score (nSPS) is 11.9. The minimum absolute atomic E-state index is 0.288. The van der Waals surface area contributed by atoms with Gasteiger partial charge in [0.25, 0.3) is 33.3 Å². The number of benzene rings is 16. The first kappa shape index (κ1) is 87.1. The maximum absolute atomic E-state index is 8.27. The highest BCUT2D eigenvalue weighted by molar-refractivity contribution is 6.74. The van der Waals surface area contributed by atoms with Crippen molar-refractivity contribution in [1.82, 2.24) is 0 Å². The Morgan fingerprint density at radius 1 is 0.151 bits per heavy atom. The van der Waals surface area contributed by atoms with Gasteiger partial charge in [-0.15, -0.1) is 0 Å². The fraction of sp³-hybridized carbons (Fsp3) is 0.186. The summed E-state index contributed by atoms with van der Waals surface area (Å²) >= 11 is 0. The summed E-state index contributed by atoms with van der Waals surface area (Å²) < 4.78 is 33.1. The molecule has 0 aliphatic carbocycles. The zero-order valence-corrected chi connectivity index (χ0v) is 78.5. The molecule has 0 atom stereocenters. The highest BCUT2D eigenvalue weighted by Gasteiger charge is 2.45. The van der Waals surface area contributed by atoms with Crippen LogP contribution in [0.4, 0.5) is 0 Å². The van der Waals surface area contributed by atoms with Crippen molar-refractivity contribution in [1.29, 1.82) is 0 Å². The van der Waals surface area contributed by atoms with Crippen molar-refractivity contribution >= 4 is 33.3 Å². The lowest BCUT2D eigenvalue weighted by Crippen LogP contribution is -2.50. The van der Waals surface area contributed by atoms with Crippen molar-refractivity contribution in [2.75, 3.05) is 0 Å². The third-order valence-electron chi connectivity index (χ3n) is 25.4. The number of hydrogen-bond donors (Lipinski definition) is 0. The van der Waals surface area contributed by atoms with Gasteiger partial charge in [0.05, 0.1) is 0 Å². The molecule has 0 aliphatic heterocycles. The van der Waals surface area contributed by atoms with Crippen LogP contribution in [0.25, 0.3) is 0 Å². The van der Waals surface area contributed by atoms with Crippen LogP contribution in [-0.4, -0.2) is 33.3 Å². The highest BCUT2D eigenvalue weighted by Crippen LogP contribution is 2.50. The molecular formula is C118H118O4Si4. The Labute approximate surface area is 754 Å². The van der Waals surface area contributed by atoms with E-state index in [1.54, 1.807) is 0 Å². The molecule has 0 radical (unpaired) electrons. The van der Waals surface area contributed by atoms with E-state index >= 15 is 0 Å². The minimum Gasteiger partial charge on any atom is -0.542 e. The largest absolute Gasteiger partial charge is 0.542 e. The molecule has 0 heterocycles. The second kappa shape index (κ2) is 40.7. The molecule has 0 aliphatic rings. The Morgan fingerprint density at radius 3 is 0.341 bits per heavy atom. The van der Waals surface area contributed by atoms with Gasteiger partial charge in [0.1, 0.15) is 23.0 Å². The molecule has 16 aromatic carbocycles. The van der Waals surface area contributed by atoms with Gasteiger partial charge < -0.3 is 17.7 Å². The van der Waals surface area contributed by atoms with E-state index in [4.69, 9.17) is 17.7 Å². The molecule has 4 nitrogen and oxygen atoms in total.